The van der Waals surface area contributed by atoms with Gasteiger partial charge in [-0.3, -0.25) is 9.97 Å². The van der Waals surface area contributed by atoms with E-state index in [0.29, 0.717) is 0 Å². The predicted octanol–water partition coefficient (Wildman–Crippen LogP) is 2.68. The minimum atomic E-state index is 1.11. The highest BCUT2D eigenvalue weighted by molar-refractivity contribution is 7.99. The van der Waals surface area contributed by atoms with Gasteiger partial charge in [0.05, 0.1) is 21.2 Å². The summed E-state index contributed by atoms with van der Waals surface area (Å²) in [7, 11) is 0. The summed E-state index contributed by atoms with van der Waals surface area (Å²) in [5.41, 5.74) is 2.23. The number of aromatic nitrogens is 2. The number of hydrogen-bond acceptors (Lipinski definition) is 4. The molecule has 2 aromatic heterocycles. The van der Waals surface area contributed by atoms with Crippen molar-refractivity contribution in [1.82, 2.24) is 9.97 Å². The molecule has 1 aliphatic rings. The third-order valence-electron chi connectivity index (χ3n) is 2.06. The third kappa shape index (κ3) is 1.15. The van der Waals surface area contributed by atoms with Crippen molar-refractivity contribution in [2.75, 3.05) is 5.32 Å². The molecular formula is C10H7N3S. The average molecular weight is 201 g/mol. The predicted molar refractivity (Wildman–Crippen MR) is 55.9 cm³/mol. The topological polar surface area (TPSA) is 37.8 Å². The second kappa shape index (κ2) is 2.99. The Morgan fingerprint density at radius 1 is 0.929 bits per heavy atom. The van der Waals surface area contributed by atoms with Gasteiger partial charge >= 0.3 is 0 Å². The van der Waals surface area contributed by atoms with Crippen molar-refractivity contribution >= 4 is 23.1 Å². The van der Waals surface area contributed by atoms with Crippen molar-refractivity contribution in [1.29, 1.82) is 0 Å². The fraction of sp³-hybridized carbons (Fsp3) is 0. The molecule has 1 N–H and O–H groups in total. The Balaban J connectivity index is 2.12. The first-order valence-corrected chi connectivity index (χ1v) is 5.08. The summed E-state index contributed by atoms with van der Waals surface area (Å²) in [6.07, 6.45) is 7.31. The summed E-state index contributed by atoms with van der Waals surface area (Å²) in [6.45, 7) is 0. The molecule has 3 rings (SSSR count). The van der Waals surface area contributed by atoms with Crippen LogP contribution in [0.4, 0.5) is 11.4 Å². The normalized spacial score (nSPS) is 12.6. The fourth-order valence-electron chi connectivity index (χ4n) is 1.39. The molecule has 0 amide bonds. The number of fused-ring (bicyclic) bond motifs is 2. The lowest BCUT2D eigenvalue weighted by Gasteiger charge is -2.18. The van der Waals surface area contributed by atoms with Crippen molar-refractivity contribution in [2.24, 2.45) is 0 Å². The van der Waals surface area contributed by atoms with Crippen LogP contribution in [0.1, 0.15) is 0 Å². The lowest BCUT2D eigenvalue weighted by molar-refractivity contribution is 1.18. The maximum atomic E-state index is 4.09. The lowest BCUT2D eigenvalue weighted by atomic mass is 10.3. The number of rotatable bonds is 0. The molecule has 0 aromatic carbocycles. The summed E-state index contributed by atoms with van der Waals surface area (Å²) < 4.78 is 0. The molecule has 3 heterocycles. The Morgan fingerprint density at radius 2 is 1.50 bits per heavy atom. The Labute approximate surface area is 85.6 Å². The van der Waals surface area contributed by atoms with Gasteiger partial charge in [-0.1, -0.05) is 11.8 Å². The zero-order valence-corrected chi connectivity index (χ0v) is 8.08. The molecule has 0 saturated carbocycles. The molecule has 4 heteroatoms. The van der Waals surface area contributed by atoms with Gasteiger partial charge < -0.3 is 5.32 Å². The van der Waals surface area contributed by atoms with Crippen LogP contribution in [-0.2, 0) is 0 Å². The van der Waals surface area contributed by atoms with E-state index in [1.807, 2.05) is 24.5 Å². The molecule has 0 fully saturated rings. The van der Waals surface area contributed by atoms with Gasteiger partial charge in [0, 0.05) is 24.8 Å². The molecule has 0 unspecified atom stereocenters. The Hall–Kier alpha value is -1.55. The van der Waals surface area contributed by atoms with Crippen molar-refractivity contribution in [3.05, 3.63) is 36.9 Å². The first kappa shape index (κ1) is 7.82. The molecule has 2 aromatic rings. The van der Waals surface area contributed by atoms with Crippen molar-refractivity contribution < 1.29 is 0 Å². The molecule has 0 saturated heterocycles. The standard InChI is InChI=1S/C10H7N3S/c1-3-11-5-9-7(1)13-8-2-4-12-6-10(8)14-9/h1-6,13H. The highest BCUT2D eigenvalue weighted by Crippen LogP contribution is 2.42. The average Bonchev–Trinajstić information content (AvgIpc) is 2.26. The fourth-order valence-corrected chi connectivity index (χ4v) is 2.31. The Bertz CT molecular complexity index is 397. The van der Waals surface area contributed by atoms with Crippen LogP contribution in [0.2, 0.25) is 0 Å². The summed E-state index contributed by atoms with van der Waals surface area (Å²) >= 11 is 1.69. The SMILES string of the molecule is c1cc2c(cn1)Sc1cnccc1N2. The molecule has 68 valence electrons. The molecule has 0 aliphatic carbocycles. The highest BCUT2D eigenvalue weighted by atomic mass is 32.2. The first-order chi connectivity index (χ1) is 6.93. The van der Waals surface area contributed by atoms with Crippen LogP contribution in [0, 0.1) is 0 Å². The van der Waals surface area contributed by atoms with E-state index in [0.717, 1.165) is 21.2 Å². The highest BCUT2D eigenvalue weighted by Gasteiger charge is 2.14. The van der Waals surface area contributed by atoms with Gasteiger partial charge in [-0.05, 0) is 12.1 Å². The number of nitrogens with one attached hydrogen (secondary N) is 1. The van der Waals surface area contributed by atoms with Gasteiger partial charge in [-0.15, -0.1) is 0 Å². The van der Waals surface area contributed by atoms with Crippen LogP contribution in [0.3, 0.4) is 0 Å². The van der Waals surface area contributed by atoms with Crippen molar-refractivity contribution in [2.45, 2.75) is 9.79 Å². The second-order valence-electron chi connectivity index (χ2n) is 2.97. The number of nitrogens with zero attached hydrogens (tertiary/aromatic N) is 2. The smallest absolute Gasteiger partial charge is 0.0557 e. The molecule has 0 radical (unpaired) electrons. The molecule has 3 nitrogen and oxygen atoms in total. The third-order valence-corrected chi connectivity index (χ3v) is 3.15. The summed E-state index contributed by atoms with van der Waals surface area (Å²) in [6, 6.07) is 3.96. The van der Waals surface area contributed by atoms with E-state index in [-0.39, 0.29) is 0 Å². The maximum absolute atomic E-state index is 4.09. The quantitative estimate of drug-likeness (QED) is 0.606. The van der Waals surface area contributed by atoms with Crippen LogP contribution in [0.25, 0.3) is 0 Å². The molecule has 0 spiro atoms. The summed E-state index contributed by atoms with van der Waals surface area (Å²) in [5, 5.41) is 3.34. The van der Waals surface area contributed by atoms with Crippen LogP contribution in [-0.4, -0.2) is 9.97 Å². The van der Waals surface area contributed by atoms with E-state index in [1.54, 1.807) is 24.2 Å². The Kier molecular flexibility index (Phi) is 1.67. The zero-order valence-electron chi connectivity index (χ0n) is 7.27. The zero-order chi connectivity index (χ0) is 9.38. The molecule has 14 heavy (non-hydrogen) atoms. The first-order valence-electron chi connectivity index (χ1n) is 4.26. The minimum absolute atomic E-state index is 1.11. The van der Waals surface area contributed by atoms with E-state index in [2.05, 4.69) is 15.3 Å². The lowest BCUT2D eigenvalue weighted by Crippen LogP contribution is -1.99. The van der Waals surface area contributed by atoms with E-state index in [9.17, 15) is 0 Å². The van der Waals surface area contributed by atoms with E-state index < -0.39 is 0 Å². The second-order valence-corrected chi connectivity index (χ2v) is 4.05. The minimum Gasteiger partial charge on any atom is -0.353 e. The van der Waals surface area contributed by atoms with Gasteiger partial charge in [-0.25, -0.2) is 0 Å². The summed E-state index contributed by atoms with van der Waals surface area (Å²) in [5.74, 6) is 0. The van der Waals surface area contributed by atoms with E-state index in [1.165, 1.54) is 0 Å². The molecule has 1 aliphatic heterocycles. The van der Waals surface area contributed by atoms with E-state index >= 15 is 0 Å². The summed E-state index contributed by atoms with van der Waals surface area (Å²) in [4.78, 5) is 10.5. The molecule has 0 atom stereocenters. The van der Waals surface area contributed by atoms with Gasteiger partial charge in [0.15, 0.2) is 0 Å². The van der Waals surface area contributed by atoms with E-state index in [4.69, 9.17) is 0 Å². The van der Waals surface area contributed by atoms with Gasteiger partial charge in [-0.2, -0.15) is 0 Å². The Morgan fingerprint density at radius 3 is 2.07 bits per heavy atom. The van der Waals surface area contributed by atoms with Crippen LogP contribution in [0.15, 0.2) is 46.7 Å². The molecule has 0 bridgehead atoms. The maximum Gasteiger partial charge on any atom is 0.0557 e. The van der Waals surface area contributed by atoms with Crippen LogP contribution < -0.4 is 5.32 Å². The van der Waals surface area contributed by atoms with Crippen LogP contribution in [0.5, 0.6) is 0 Å². The van der Waals surface area contributed by atoms with Gasteiger partial charge in [0.1, 0.15) is 0 Å². The molecular weight excluding hydrogens is 194 g/mol. The van der Waals surface area contributed by atoms with Gasteiger partial charge in [0.2, 0.25) is 0 Å². The van der Waals surface area contributed by atoms with Crippen LogP contribution >= 0.6 is 11.8 Å². The largest absolute Gasteiger partial charge is 0.353 e. The number of pyridine rings is 2. The number of hydrogen-bond donors (Lipinski definition) is 1. The number of anilines is 2. The monoisotopic (exact) mass is 201 g/mol. The van der Waals surface area contributed by atoms with Crippen molar-refractivity contribution in [3.8, 4) is 0 Å². The van der Waals surface area contributed by atoms with Crippen molar-refractivity contribution in [3.63, 3.8) is 0 Å². The van der Waals surface area contributed by atoms with Gasteiger partial charge in [0.25, 0.3) is 0 Å².